The maximum absolute atomic E-state index is 11.1. The molecule has 0 fully saturated rings. The van der Waals surface area contributed by atoms with Crippen LogP contribution in [0.3, 0.4) is 0 Å². The zero-order valence-electron chi connectivity index (χ0n) is 20.5. The lowest BCUT2D eigenvalue weighted by Gasteiger charge is -2.42. The lowest BCUT2D eigenvalue weighted by atomic mass is 9.62. The number of carboxylic acids is 1. The molecule has 34 heavy (non-hydrogen) atoms. The first-order valence-electron chi connectivity index (χ1n) is 11.5. The summed E-state index contributed by atoms with van der Waals surface area (Å²) in [7, 11) is 0. The molecule has 0 saturated carbocycles. The number of carbonyl (C=O) groups is 1. The Labute approximate surface area is 202 Å². The molecule has 0 radical (unpaired) electrons. The van der Waals surface area contributed by atoms with Gasteiger partial charge >= 0.3 is 5.97 Å². The summed E-state index contributed by atoms with van der Waals surface area (Å²) in [5, 5.41) is 9.14. The van der Waals surface area contributed by atoms with Crippen LogP contribution in [0.4, 0.5) is 0 Å². The number of carboxylic acid groups (broad SMARTS) is 1. The maximum Gasteiger partial charge on any atom is 0.335 e. The molecule has 2 aromatic carbocycles. The van der Waals surface area contributed by atoms with Gasteiger partial charge in [-0.05, 0) is 82.0 Å². The summed E-state index contributed by atoms with van der Waals surface area (Å²) in [5.41, 5.74) is 12.4. The Balaban J connectivity index is 2.06. The number of hydrogen-bond donors (Lipinski definition) is 2. The molecule has 0 unspecified atom stereocenters. The van der Waals surface area contributed by atoms with E-state index in [2.05, 4.69) is 63.6 Å². The van der Waals surface area contributed by atoms with Gasteiger partial charge in [0.05, 0.1) is 11.3 Å². The Bertz CT molecular complexity index is 1190. The monoisotopic (exact) mass is 454 g/mol. The highest BCUT2D eigenvalue weighted by Crippen LogP contribution is 2.47. The molecule has 176 valence electrons. The van der Waals surface area contributed by atoms with Gasteiger partial charge in [-0.2, -0.15) is 0 Å². The highest BCUT2D eigenvalue weighted by atomic mass is 16.4. The SMILES string of the molecule is C=C(/C=C/c1cc2c(cc1/C=C/c1ccc(C(=O)O)cc1)C(C)(C)CCC2(C)C)N=C/C=C\N. The van der Waals surface area contributed by atoms with Crippen LogP contribution in [-0.4, -0.2) is 17.3 Å². The van der Waals surface area contributed by atoms with Gasteiger partial charge in [-0.15, -0.1) is 0 Å². The normalized spacial score (nSPS) is 17.1. The molecule has 0 heterocycles. The van der Waals surface area contributed by atoms with Crippen molar-refractivity contribution >= 4 is 30.4 Å². The molecule has 0 atom stereocenters. The first kappa shape index (κ1) is 25.0. The van der Waals surface area contributed by atoms with Crippen LogP contribution in [0.5, 0.6) is 0 Å². The van der Waals surface area contributed by atoms with Crippen LogP contribution in [0.2, 0.25) is 0 Å². The molecule has 3 N–H and O–H groups in total. The lowest BCUT2D eigenvalue weighted by Crippen LogP contribution is -2.34. The maximum atomic E-state index is 11.1. The molecule has 4 nitrogen and oxygen atoms in total. The zero-order chi connectivity index (χ0) is 24.9. The van der Waals surface area contributed by atoms with Crippen molar-refractivity contribution in [2.24, 2.45) is 10.7 Å². The third kappa shape index (κ3) is 5.82. The van der Waals surface area contributed by atoms with Gasteiger partial charge in [-0.1, -0.05) is 76.8 Å². The third-order valence-electron chi connectivity index (χ3n) is 6.56. The predicted octanol–water partition coefficient (Wildman–Crippen LogP) is 6.97. The molecule has 0 bridgehead atoms. The number of fused-ring (bicyclic) bond motifs is 1. The van der Waals surface area contributed by atoms with E-state index in [4.69, 9.17) is 10.8 Å². The fraction of sp³-hybridized carbons (Fsp3) is 0.267. The van der Waals surface area contributed by atoms with Crippen molar-refractivity contribution in [2.75, 3.05) is 0 Å². The highest BCUT2D eigenvalue weighted by Gasteiger charge is 2.37. The van der Waals surface area contributed by atoms with E-state index < -0.39 is 5.97 Å². The van der Waals surface area contributed by atoms with Crippen LogP contribution in [0.1, 0.15) is 78.7 Å². The summed E-state index contributed by atoms with van der Waals surface area (Å²) < 4.78 is 0. The van der Waals surface area contributed by atoms with Crippen LogP contribution < -0.4 is 5.73 Å². The second kappa shape index (κ2) is 10.1. The van der Waals surface area contributed by atoms with Gasteiger partial charge in [0, 0.05) is 6.21 Å². The predicted molar refractivity (Wildman–Crippen MR) is 144 cm³/mol. The van der Waals surface area contributed by atoms with Crippen molar-refractivity contribution in [3.63, 3.8) is 0 Å². The van der Waals surface area contributed by atoms with Crippen LogP contribution in [0.15, 0.2) is 72.0 Å². The van der Waals surface area contributed by atoms with Crippen LogP contribution in [-0.2, 0) is 10.8 Å². The van der Waals surface area contributed by atoms with E-state index in [0.717, 1.165) is 29.5 Å². The second-order valence-electron chi connectivity index (χ2n) is 10.0. The molecule has 0 spiro atoms. The van der Waals surface area contributed by atoms with Gasteiger partial charge in [-0.25, -0.2) is 4.79 Å². The fourth-order valence-electron chi connectivity index (χ4n) is 4.28. The Morgan fingerprint density at radius 3 is 2.06 bits per heavy atom. The van der Waals surface area contributed by atoms with E-state index in [1.54, 1.807) is 24.4 Å². The van der Waals surface area contributed by atoms with Crippen molar-refractivity contribution in [2.45, 2.75) is 51.4 Å². The van der Waals surface area contributed by atoms with E-state index in [1.165, 1.54) is 17.3 Å². The number of nitrogens with two attached hydrogens (primary N) is 1. The van der Waals surface area contributed by atoms with Crippen molar-refractivity contribution in [1.82, 2.24) is 0 Å². The topological polar surface area (TPSA) is 75.7 Å². The van der Waals surface area contributed by atoms with Crippen LogP contribution in [0, 0.1) is 0 Å². The zero-order valence-corrected chi connectivity index (χ0v) is 20.5. The average Bonchev–Trinajstić information content (AvgIpc) is 2.79. The van der Waals surface area contributed by atoms with Gasteiger partial charge in [0.1, 0.15) is 0 Å². The third-order valence-corrected chi connectivity index (χ3v) is 6.56. The molecule has 1 aliphatic carbocycles. The summed E-state index contributed by atoms with van der Waals surface area (Å²) >= 11 is 0. The number of rotatable bonds is 7. The summed E-state index contributed by atoms with van der Waals surface area (Å²) in [6.07, 6.45) is 15.1. The van der Waals surface area contributed by atoms with Gasteiger partial charge in [0.15, 0.2) is 0 Å². The smallest absolute Gasteiger partial charge is 0.335 e. The van der Waals surface area contributed by atoms with Crippen molar-refractivity contribution in [1.29, 1.82) is 0 Å². The molecular formula is C30H34N2O2. The molecular weight excluding hydrogens is 420 g/mol. The summed E-state index contributed by atoms with van der Waals surface area (Å²) in [5.74, 6) is -0.924. The molecule has 2 aromatic rings. The standard InChI is InChI=1S/C30H34N2O2/c1-21(32-18-6-17-31)7-11-24-19-26-27(30(4,5)16-15-29(26,2)3)20-25(24)14-10-22-8-12-23(13-9-22)28(33)34/h6-14,17-20H,1,15-16,31H2,2-5H3,(H,33,34)/b11-7+,14-10+,17-6-,32-18?. The fourth-order valence-corrected chi connectivity index (χ4v) is 4.28. The molecule has 1 aliphatic rings. The van der Waals surface area contributed by atoms with E-state index in [0.29, 0.717) is 5.70 Å². The summed E-state index contributed by atoms with van der Waals surface area (Å²) in [6, 6.07) is 11.5. The van der Waals surface area contributed by atoms with Crippen molar-refractivity contribution in [3.05, 3.63) is 100 Å². The minimum Gasteiger partial charge on any atom is -0.478 e. The van der Waals surface area contributed by atoms with Crippen LogP contribution in [0.25, 0.3) is 18.2 Å². The number of nitrogens with zero attached hydrogens (tertiary/aromatic N) is 1. The van der Waals surface area contributed by atoms with Gasteiger partial charge in [-0.3, -0.25) is 4.99 Å². The number of aliphatic imine (C=N–C) groups is 1. The molecule has 0 aliphatic heterocycles. The average molecular weight is 455 g/mol. The van der Waals surface area contributed by atoms with E-state index in [1.807, 2.05) is 24.3 Å². The second-order valence-corrected chi connectivity index (χ2v) is 10.0. The first-order chi connectivity index (χ1) is 16.0. The van der Waals surface area contributed by atoms with Gasteiger partial charge < -0.3 is 10.8 Å². The quantitative estimate of drug-likeness (QED) is 0.269. The number of benzene rings is 2. The Hall–Kier alpha value is -3.66. The number of allylic oxidation sites excluding steroid dienone is 2. The minimum atomic E-state index is -0.924. The van der Waals surface area contributed by atoms with E-state index in [-0.39, 0.29) is 16.4 Å². The van der Waals surface area contributed by atoms with E-state index >= 15 is 0 Å². The molecule has 4 heteroatoms. The van der Waals surface area contributed by atoms with Crippen molar-refractivity contribution in [3.8, 4) is 0 Å². The Morgan fingerprint density at radius 2 is 1.53 bits per heavy atom. The number of aromatic carboxylic acids is 1. The highest BCUT2D eigenvalue weighted by molar-refractivity contribution is 5.88. The number of hydrogen-bond acceptors (Lipinski definition) is 3. The first-order valence-corrected chi connectivity index (χ1v) is 11.5. The lowest BCUT2D eigenvalue weighted by molar-refractivity contribution is 0.0697. The largest absolute Gasteiger partial charge is 0.478 e. The molecule has 3 rings (SSSR count). The Morgan fingerprint density at radius 1 is 0.971 bits per heavy atom. The molecule has 0 amide bonds. The minimum absolute atomic E-state index is 0.0985. The molecule has 0 aromatic heterocycles. The van der Waals surface area contributed by atoms with Gasteiger partial charge in [0.25, 0.3) is 0 Å². The Kier molecular flexibility index (Phi) is 7.41. The molecule has 0 saturated heterocycles. The van der Waals surface area contributed by atoms with E-state index in [9.17, 15) is 4.79 Å². The summed E-state index contributed by atoms with van der Waals surface area (Å²) in [6.45, 7) is 13.3. The van der Waals surface area contributed by atoms with Gasteiger partial charge in [0.2, 0.25) is 0 Å². The van der Waals surface area contributed by atoms with Crippen molar-refractivity contribution < 1.29 is 9.90 Å². The van der Waals surface area contributed by atoms with Crippen LogP contribution >= 0.6 is 0 Å². The summed E-state index contributed by atoms with van der Waals surface area (Å²) in [4.78, 5) is 15.4.